The van der Waals surface area contributed by atoms with Crippen LogP contribution < -0.4 is 0 Å². The number of hydrogen-bond acceptors (Lipinski definition) is 15. The molecule has 6 heterocycles. The third-order valence-corrected chi connectivity index (χ3v) is 38.1. The Bertz CT molecular complexity index is 3900. The van der Waals surface area contributed by atoms with Crippen LogP contribution in [-0.2, 0) is 66.5 Å². The molecule has 1 unspecified atom stereocenters. The number of aliphatic hydroxyl groups is 1. The van der Waals surface area contributed by atoms with Crippen molar-refractivity contribution in [2.75, 3.05) is 13.2 Å². The van der Waals surface area contributed by atoms with Gasteiger partial charge in [0.15, 0.2) is 0 Å². The Hall–Kier alpha value is -3.70. The standard InChI is InChI=1S/C20H34O4.3C20H32O3.C18H30O.C16H26O/c1-13-16-11-20(22,19(5)9-6-8-18(3,4)12-19)10-7-15(16)17(23-13)24-14(2)21;3*1-13-17-11-15(20(5)10-6-9-19(3,4)12-20)7-8-16(17)18(22-13)23-14(2)21;1-13-16-7-6-15(10-14(16)11-19-13)18(4)9-5-8-17(2,3)12-18;1-12-15-7-6-14(10-13(15)11-17-12)16(2)8-4-3-5-9-16/h13,15-17,22H,6-12H2,1-5H3;2*11,13,16-18H,6-10,12H2,1-5H3;7,13,16-18H,6,8-12H2,1-5H3;10,13-14,16H,5-9,11-12H2,1-4H3;10,12-13,15H,3-9,11H2,1-2H3/t13-,15-,16-,17+,19?,20-;13-,16-,17-,18+,20+;2*13-,16-,17-,18+,20-;13-,14-,16+,18+;12-,13+,15-/m111110/s1. The van der Waals surface area contributed by atoms with Gasteiger partial charge in [-0.05, 0) is 317 Å². The quantitative estimate of drug-likeness (QED) is 0.124. The number of fused-ring (bicyclic) bond motifs is 6. The molecule has 129 heavy (non-hydrogen) atoms. The normalized spacial score (nSPS) is 43.9. The average molecular weight is 1800 g/mol. The topological polar surface area (TPSA) is 181 Å². The van der Waals surface area contributed by atoms with Crippen LogP contribution in [0.3, 0.4) is 0 Å². The predicted molar refractivity (Wildman–Crippen MR) is 515 cm³/mol. The summed E-state index contributed by atoms with van der Waals surface area (Å²) in [6.45, 7) is 59.5. The number of allylic oxidation sites excluding steroid dienone is 6. The van der Waals surface area contributed by atoms with E-state index in [9.17, 15) is 24.3 Å². The summed E-state index contributed by atoms with van der Waals surface area (Å²) in [7, 11) is 0. The van der Waals surface area contributed by atoms with E-state index in [0.29, 0.717) is 108 Å². The van der Waals surface area contributed by atoms with Crippen LogP contribution in [0.2, 0.25) is 0 Å². The number of rotatable bonds is 10. The van der Waals surface area contributed by atoms with Gasteiger partial charge in [-0.15, -0.1) is 0 Å². The molecular weight excluding hydrogens is 1610 g/mol. The van der Waals surface area contributed by atoms with Crippen LogP contribution >= 0.6 is 0 Å². The molecule has 0 amide bonds. The summed E-state index contributed by atoms with van der Waals surface area (Å²) in [4.78, 5) is 45.2. The van der Waals surface area contributed by atoms with Gasteiger partial charge in [0, 0.05) is 75.0 Å². The van der Waals surface area contributed by atoms with Crippen molar-refractivity contribution in [3.63, 3.8) is 0 Å². The molecule has 18 aliphatic rings. The maximum absolute atomic E-state index is 11.7. The van der Waals surface area contributed by atoms with Crippen LogP contribution in [0, 0.1) is 131 Å². The molecule has 0 aromatic heterocycles. The molecule has 0 aromatic rings. The highest BCUT2D eigenvalue weighted by molar-refractivity contribution is 5.67. The highest BCUT2D eigenvalue weighted by atomic mass is 16.7. The maximum atomic E-state index is 11.7. The lowest BCUT2D eigenvalue weighted by Crippen LogP contribution is -2.55. The molecule has 1 N–H and O–H groups in total. The van der Waals surface area contributed by atoms with Gasteiger partial charge in [-0.2, -0.15) is 0 Å². The summed E-state index contributed by atoms with van der Waals surface area (Å²) >= 11 is 0. The summed E-state index contributed by atoms with van der Waals surface area (Å²) in [6.07, 6.45) is 60.2. The number of hydrogen-bond donors (Lipinski definition) is 1. The van der Waals surface area contributed by atoms with Crippen molar-refractivity contribution in [2.45, 2.75) is 491 Å². The van der Waals surface area contributed by atoms with Crippen LogP contribution in [0.4, 0.5) is 0 Å². The largest absolute Gasteiger partial charge is 0.436 e. The first-order valence-electron chi connectivity index (χ1n) is 53.1. The van der Waals surface area contributed by atoms with Crippen molar-refractivity contribution >= 4 is 23.9 Å². The van der Waals surface area contributed by atoms with Crippen LogP contribution in [-0.4, -0.2) is 110 Å². The average Bonchev–Trinajstić information content (AvgIpc) is 1.71. The van der Waals surface area contributed by atoms with E-state index in [1.165, 1.54) is 201 Å². The zero-order valence-electron chi connectivity index (χ0n) is 86.5. The van der Waals surface area contributed by atoms with E-state index in [1.807, 2.05) is 0 Å². The Morgan fingerprint density at radius 2 is 0.643 bits per heavy atom. The Kier molecular flexibility index (Phi) is 32.2. The first-order valence-corrected chi connectivity index (χ1v) is 53.1. The molecule has 6 aliphatic heterocycles. The number of carbonyl (C=O) groups excluding carboxylic acids is 4. The second-order valence-electron chi connectivity index (χ2n) is 51.9. The minimum Gasteiger partial charge on any atom is -0.436 e. The van der Waals surface area contributed by atoms with Gasteiger partial charge < -0.3 is 52.5 Å². The van der Waals surface area contributed by atoms with Gasteiger partial charge in [0.1, 0.15) is 0 Å². The fourth-order valence-corrected chi connectivity index (χ4v) is 31.6. The Labute approximate surface area is 784 Å². The first-order chi connectivity index (χ1) is 60.2. The predicted octanol–water partition coefficient (Wildman–Crippen LogP) is 27.9. The fraction of sp³-hybridized carbons (Fsp3) is 0.877. The van der Waals surface area contributed by atoms with Crippen LogP contribution in [0.25, 0.3) is 0 Å². The van der Waals surface area contributed by atoms with Crippen molar-refractivity contribution in [1.82, 2.24) is 0 Å². The second kappa shape index (κ2) is 40.4. The van der Waals surface area contributed by atoms with Gasteiger partial charge in [0.2, 0.25) is 25.2 Å². The Balaban J connectivity index is 0.000000133. The monoisotopic (exact) mass is 1800 g/mol. The van der Waals surface area contributed by atoms with Crippen molar-refractivity contribution in [3.05, 3.63) is 58.2 Å². The van der Waals surface area contributed by atoms with E-state index in [0.717, 1.165) is 102 Å². The van der Waals surface area contributed by atoms with Gasteiger partial charge in [-0.3, -0.25) is 19.2 Å². The molecule has 15 nitrogen and oxygen atoms in total. The molecule has 18 rings (SSSR count). The third kappa shape index (κ3) is 24.2. The number of carbonyl (C=O) groups is 4. The van der Waals surface area contributed by atoms with Gasteiger partial charge in [0.25, 0.3) is 0 Å². The van der Waals surface area contributed by atoms with Gasteiger partial charge in [0.05, 0.1) is 55.4 Å². The van der Waals surface area contributed by atoms with E-state index in [1.54, 1.807) is 27.9 Å². The third-order valence-electron chi connectivity index (χ3n) is 38.1. The fourth-order valence-electron chi connectivity index (χ4n) is 31.6. The van der Waals surface area contributed by atoms with Crippen molar-refractivity contribution in [1.29, 1.82) is 0 Å². The molecule has 0 spiro atoms. The molecule has 28 atom stereocenters. The van der Waals surface area contributed by atoms with E-state index in [4.69, 9.17) is 47.4 Å². The van der Waals surface area contributed by atoms with E-state index in [-0.39, 0.29) is 84.4 Å². The Morgan fingerprint density at radius 3 is 1.03 bits per heavy atom. The van der Waals surface area contributed by atoms with Crippen molar-refractivity contribution < 1.29 is 71.7 Å². The van der Waals surface area contributed by atoms with E-state index in [2.05, 4.69) is 183 Å². The highest BCUT2D eigenvalue weighted by Gasteiger charge is 2.60. The zero-order chi connectivity index (χ0) is 93.8. The van der Waals surface area contributed by atoms with Crippen molar-refractivity contribution in [2.24, 2.45) is 131 Å². The summed E-state index contributed by atoms with van der Waals surface area (Å²) in [5.74, 6) is 4.82. The van der Waals surface area contributed by atoms with Crippen LogP contribution in [0.5, 0.6) is 0 Å². The Morgan fingerprint density at radius 1 is 0.318 bits per heavy atom. The van der Waals surface area contributed by atoms with E-state index < -0.39 is 11.9 Å². The molecule has 0 bridgehead atoms. The maximum Gasteiger partial charge on any atom is 0.304 e. The van der Waals surface area contributed by atoms with Gasteiger partial charge in [-0.1, -0.05) is 220 Å². The lowest BCUT2D eigenvalue weighted by atomic mass is 9.52. The van der Waals surface area contributed by atoms with E-state index >= 15 is 0 Å². The molecule has 15 heteroatoms. The lowest BCUT2D eigenvalue weighted by molar-refractivity contribution is -0.182. The van der Waals surface area contributed by atoms with Gasteiger partial charge in [-0.25, -0.2) is 0 Å². The smallest absolute Gasteiger partial charge is 0.304 e. The van der Waals surface area contributed by atoms with Crippen LogP contribution in [0.15, 0.2) is 58.2 Å². The summed E-state index contributed by atoms with van der Waals surface area (Å²) in [5.41, 5.74) is 12.0. The van der Waals surface area contributed by atoms with Crippen molar-refractivity contribution in [3.8, 4) is 0 Å². The number of ether oxygens (including phenoxy) is 10. The lowest BCUT2D eigenvalue weighted by Gasteiger charge is -2.55. The molecule has 12 aliphatic carbocycles. The summed E-state index contributed by atoms with van der Waals surface area (Å²) in [5, 5.41) is 11.7. The molecular formula is C114H186O15. The first kappa shape index (κ1) is 103. The molecule has 0 aromatic carbocycles. The van der Waals surface area contributed by atoms with Gasteiger partial charge >= 0.3 is 23.9 Å². The molecule has 732 valence electrons. The SMILES string of the molecule is CC(=O)O[C@@H]1O[C@H](C)[C@H]2C=C([C@@]3(C)CCCC(C)(C)C3)CC[C@@H]12.CC(=O)O[C@@H]1O[C@H](C)[C@H]2C=C([C@]3(C)CCCC(C)(C)C3)CC[C@@H]12.CC(=O)O[C@@H]1O[C@H](C)[C@H]2CC([C@]3(C)CCCC(C)(C)C3)=CC[C@@H]12.CC(=O)O[C@@H]1O[C@H](C)[C@H]2C[C@@](O)(C3(C)CCCC(C)(C)C3)CC[C@@H]12.C[C@@H]1OC[C@H]2C=C(C3(C)CCCCC3)CC[C@H]21.C[C@H]1OC[C@H]2C=C([C@@]3(C)CCCC(C)(C)C3)CC[C@H]21. The molecule has 6 saturated heterocycles. The second-order valence-corrected chi connectivity index (χ2v) is 51.9. The molecule has 0 radical (unpaired) electrons. The van der Waals surface area contributed by atoms with Crippen LogP contribution in [0.1, 0.15) is 424 Å². The summed E-state index contributed by atoms with van der Waals surface area (Å²) in [6, 6.07) is 0. The summed E-state index contributed by atoms with van der Waals surface area (Å²) < 4.78 is 57.0. The number of esters is 4. The minimum absolute atomic E-state index is 0.0288. The zero-order valence-corrected chi connectivity index (χ0v) is 86.5. The molecule has 7 saturated carbocycles. The minimum atomic E-state index is -0.630. The molecule has 13 fully saturated rings. The highest BCUT2D eigenvalue weighted by Crippen LogP contribution is 2.63.